The second-order valence-electron chi connectivity index (χ2n) is 7.14. The summed E-state index contributed by atoms with van der Waals surface area (Å²) in [5, 5.41) is -0.664. The quantitative estimate of drug-likeness (QED) is 0.140. The van der Waals surface area contributed by atoms with Crippen molar-refractivity contribution < 1.29 is 40.3 Å². The fourth-order valence-corrected chi connectivity index (χ4v) is 4.11. The molecule has 2 aromatic rings. The highest BCUT2D eigenvalue weighted by Gasteiger charge is 2.40. The summed E-state index contributed by atoms with van der Waals surface area (Å²) in [5.41, 5.74) is 2.84. The third kappa shape index (κ3) is 8.67. The Labute approximate surface area is 228 Å². The van der Waals surface area contributed by atoms with Gasteiger partial charge in [-0.25, -0.2) is 4.39 Å². The van der Waals surface area contributed by atoms with E-state index in [4.69, 9.17) is 34.8 Å². The first-order valence-corrected chi connectivity index (χ1v) is 11.7. The van der Waals surface area contributed by atoms with Crippen molar-refractivity contribution in [1.82, 2.24) is 10.9 Å². The van der Waals surface area contributed by atoms with E-state index in [1.54, 1.807) is 22.6 Å². The Kier molecular flexibility index (Phi) is 10.3. The minimum absolute atomic E-state index is 0.0804. The molecule has 0 aliphatic carbocycles. The molecule has 36 heavy (non-hydrogen) atoms. The summed E-state index contributed by atoms with van der Waals surface area (Å²) in [7, 11) is 0. The summed E-state index contributed by atoms with van der Waals surface area (Å²) >= 11 is 19.0. The highest BCUT2D eigenvalue weighted by molar-refractivity contribution is 14.1. The van der Waals surface area contributed by atoms with Gasteiger partial charge in [-0.2, -0.15) is 26.3 Å². The van der Waals surface area contributed by atoms with Crippen LogP contribution in [-0.4, -0.2) is 24.2 Å². The van der Waals surface area contributed by atoms with Crippen LogP contribution < -0.4 is 10.9 Å². The van der Waals surface area contributed by atoms with Gasteiger partial charge in [-0.3, -0.25) is 20.4 Å². The molecule has 0 unspecified atom stereocenters. The van der Waals surface area contributed by atoms with Crippen LogP contribution >= 0.6 is 57.4 Å². The van der Waals surface area contributed by atoms with Gasteiger partial charge in [0.05, 0.1) is 27.1 Å². The van der Waals surface area contributed by atoms with E-state index in [0.29, 0.717) is 6.08 Å². The van der Waals surface area contributed by atoms with Gasteiger partial charge in [-0.05, 0) is 58.5 Å². The molecule has 196 valence electrons. The normalized spacial score (nSPS) is 13.4. The molecular weight excluding hydrogens is 678 g/mol. The van der Waals surface area contributed by atoms with Gasteiger partial charge in [-0.15, -0.1) is 0 Å². The summed E-state index contributed by atoms with van der Waals surface area (Å²) < 4.78 is 92.4. The predicted molar refractivity (Wildman–Crippen MR) is 129 cm³/mol. The van der Waals surface area contributed by atoms with E-state index in [1.165, 1.54) is 0 Å². The first-order chi connectivity index (χ1) is 16.5. The molecule has 0 spiro atoms. The molecule has 15 heteroatoms. The minimum atomic E-state index is -4.92. The van der Waals surface area contributed by atoms with Crippen LogP contribution in [0.4, 0.5) is 30.7 Å². The molecule has 2 amide bonds. The molecule has 4 nitrogen and oxygen atoms in total. The monoisotopic (exact) mass is 690 g/mol. The number of hydrogen-bond donors (Lipinski definition) is 2. The zero-order valence-electron chi connectivity index (χ0n) is 17.4. The third-order valence-corrected chi connectivity index (χ3v) is 6.56. The molecule has 0 saturated heterocycles. The Morgan fingerprint density at radius 2 is 1.56 bits per heavy atom. The van der Waals surface area contributed by atoms with Crippen molar-refractivity contribution in [1.29, 1.82) is 0 Å². The average molecular weight is 692 g/mol. The van der Waals surface area contributed by atoms with Crippen LogP contribution in [0.5, 0.6) is 0 Å². The van der Waals surface area contributed by atoms with E-state index in [-0.39, 0.29) is 29.8 Å². The van der Waals surface area contributed by atoms with Gasteiger partial charge in [-0.1, -0.05) is 40.9 Å². The molecular formula is C21H13Cl3F7IN2O2. The van der Waals surface area contributed by atoms with Gasteiger partial charge in [0.2, 0.25) is 5.91 Å². The maximum absolute atomic E-state index is 14.8. The fourth-order valence-electron chi connectivity index (χ4n) is 2.74. The van der Waals surface area contributed by atoms with Gasteiger partial charge >= 0.3 is 12.4 Å². The lowest BCUT2D eigenvalue weighted by Gasteiger charge is -2.19. The van der Waals surface area contributed by atoms with Crippen molar-refractivity contribution in [2.24, 2.45) is 0 Å². The molecule has 0 heterocycles. The van der Waals surface area contributed by atoms with Crippen molar-refractivity contribution in [3.05, 3.63) is 71.7 Å². The Hall–Kier alpha value is -1.77. The van der Waals surface area contributed by atoms with Gasteiger partial charge in [0.15, 0.2) is 0 Å². The summed E-state index contributed by atoms with van der Waals surface area (Å²) in [5.74, 6) is -5.74. The summed E-state index contributed by atoms with van der Waals surface area (Å²) in [6, 6.07) is 4.99. The molecule has 0 fully saturated rings. The van der Waals surface area contributed by atoms with Crippen molar-refractivity contribution in [2.75, 3.05) is 0 Å². The highest BCUT2D eigenvalue weighted by Crippen LogP contribution is 2.42. The number of nitrogens with one attached hydrogen (secondary N) is 2. The number of allylic oxidation sites excluding steroid dienone is 1. The molecule has 0 bridgehead atoms. The number of halogens is 11. The zero-order valence-corrected chi connectivity index (χ0v) is 21.9. The standard InChI is InChI=1S/C21H13Cl3F7IN2O2/c22-13-5-10(6-14(23)18(13)24)12(21(29,30)31)8-15(25)9-1-2-11(16(32)7-9)19(36)34-33-17(35)3-4-20(26,27)28/h1-2,5-8,12H,3-4H2,(H,33,35)(H,34,36)/b15-8-/t12-/m0/s1. The highest BCUT2D eigenvalue weighted by atomic mass is 127. The second-order valence-corrected chi connectivity index (χ2v) is 9.50. The topological polar surface area (TPSA) is 58.2 Å². The number of carbonyl (C=O) groups is 2. The van der Waals surface area contributed by atoms with Gasteiger partial charge < -0.3 is 0 Å². The fraction of sp³-hybridized carbons (Fsp3) is 0.238. The number of hydrazine groups is 1. The molecule has 2 aromatic carbocycles. The summed E-state index contributed by atoms with van der Waals surface area (Å²) in [4.78, 5) is 23.6. The molecule has 0 aromatic heterocycles. The Morgan fingerprint density at radius 3 is 2.06 bits per heavy atom. The van der Waals surface area contributed by atoms with Crippen molar-refractivity contribution in [2.45, 2.75) is 31.1 Å². The lowest BCUT2D eigenvalue weighted by molar-refractivity contribution is -0.144. The maximum Gasteiger partial charge on any atom is 0.399 e. The van der Waals surface area contributed by atoms with E-state index in [2.05, 4.69) is 0 Å². The number of hydrogen-bond acceptors (Lipinski definition) is 2. The van der Waals surface area contributed by atoms with E-state index in [9.17, 15) is 40.3 Å². The number of carbonyl (C=O) groups excluding carboxylic acids is 2. The SMILES string of the molecule is O=C(CCC(F)(F)F)NNC(=O)c1ccc(/C(F)=C/[C@@H](c2cc(Cl)c(Cl)c(Cl)c2)C(F)(F)F)cc1I. The number of benzene rings is 2. The smallest absolute Gasteiger partial charge is 0.273 e. The lowest BCUT2D eigenvalue weighted by Crippen LogP contribution is -2.42. The van der Waals surface area contributed by atoms with Crippen LogP contribution in [0.25, 0.3) is 5.83 Å². The van der Waals surface area contributed by atoms with Crippen LogP contribution in [0.2, 0.25) is 15.1 Å². The zero-order chi connectivity index (χ0) is 27.4. The van der Waals surface area contributed by atoms with E-state index < -0.39 is 54.3 Å². The van der Waals surface area contributed by atoms with Gasteiger partial charge in [0, 0.05) is 15.6 Å². The van der Waals surface area contributed by atoms with Crippen LogP contribution in [0.1, 0.15) is 40.2 Å². The summed E-state index contributed by atoms with van der Waals surface area (Å²) in [6.07, 6.45) is -11.5. The van der Waals surface area contributed by atoms with Crippen LogP contribution in [0.15, 0.2) is 36.4 Å². The van der Waals surface area contributed by atoms with E-state index in [1.807, 2.05) is 10.9 Å². The minimum Gasteiger partial charge on any atom is -0.273 e. The van der Waals surface area contributed by atoms with Crippen LogP contribution in [0, 0.1) is 3.57 Å². The Balaban J connectivity index is 2.23. The third-order valence-electron chi connectivity index (χ3n) is 4.47. The average Bonchev–Trinajstić information content (AvgIpc) is 2.76. The molecule has 2 N–H and O–H groups in total. The number of alkyl halides is 6. The largest absolute Gasteiger partial charge is 0.399 e. The summed E-state index contributed by atoms with van der Waals surface area (Å²) in [6.45, 7) is 0. The lowest BCUT2D eigenvalue weighted by atomic mass is 9.96. The predicted octanol–water partition coefficient (Wildman–Crippen LogP) is 8.01. The van der Waals surface area contributed by atoms with Crippen molar-refractivity contribution in [3.8, 4) is 0 Å². The Morgan fingerprint density at radius 1 is 0.972 bits per heavy atom. The van der Waals surface area contributed by atoms with Crippen molar-refractivity contribution in [3.63, 3.8) is 0 Å². The number of amides is 2. The van der Waals surface area contributed by atoms with Crippen LogP contribution in [-0.2, 0) is 4.79 Å². The molecule has 0 radical (unpaired) electrons. The second kappa shape index (κ2) is 12.2. The van der Waals surface area contributed by atoms with Gasteiger partial charge in [0.1, 0.15) is 11.7 Å². The Bertz CT molecular complexity index is 1160. The molecule has 2 rings (SSSR count). The maximum atomic E-state index is 14.8. The molecule has 0 aliphatic rings. The molecule has 0 saturated carbocycles. The first-order valence-electron chi connectivity index (χ1n) is 9.54. The van der Waals surface area contributed by atoms with Gasteiger partial charge in [0.25, 0.3) is 5.91 Å². The first kappa shape index (κ1) is 30.5. The van der Waals surface area contributed by atoms with E-state index in [0.717, 1.165) is 30.3 Å². The molecule has 1 atom stereocenters. The van der Waals surface area contributed by atoms with Crippen LogP contribution in [0.3, 0.4) is 0 Å². The number of rotatable bonds is 6. The van der Waals surface area contributed by atoms with E-state index >= 15 is 0 Å². The van der Waals surface area contributed by atoms with Crippen molar-refractivity contribution >= 4 is 75.0 Å². The molecule has 0 aliphatic heterocycles.